The maximum absolute atomic E-state index is 11.3. The average Bonchev–Trinajstić information content (AvgIpc) is 2.23. The lowest BCUT2D eigenvalue weighted by atomic mass is 10.4. The van der Waals surface area contributed by atoms with Gasteiger partial charge in [-0.25, -0.2) is 0 Å². The van der Waals surface area contributed by atoms with Gasteiger partial charge in [0.2, 0.25) is 6.41 Å². The Labute approximate surface area is 101 Å². The van der Waals surface area contributed by atoms with Crippen molar-refractivity contribution >= 4 is 20.4 Å². The quantitative estimate of drug-likeness (QED) is 0.326. The van der Waals surface area contributed by atoms with Gasteiger partial charge in [-0.3, -0.25) is 14.5 Å². The predicted octanol–water partition coefficient (Wildman–Crippen LogP) is -0.476. The Morgan fingerprint density at radius 3 is 2.24 bits per heavy atom. The fourth-order valence-corrected chi connectivity index (χ4v) is 1.90. The third-order valence-electron chi connectivity index (χ3n) is 2.06. The first kappa shape index (κ1) is 16.1. The van der Waals surface area contributed by atoms with Gasteiger partial charge in [0.1, 0.15) is 0 Å². The predicted molar refractivity (Wildman–Crippen MR) is 63.4 cm³/mol. The highest BCUT2D eigenvalue weighted by atomic mass is 31.2. The van der Waals surface area contributed by atoms with E-state index in [1.807, 2.05) is 0 Å². The van der Waals surface area contributed by atoms with Crippen molar-refractivity contribution < 1.29 is 24.3 Å². The van der Waals surface area contributed by atoms with Gasteiger partial charge in [-0.1, -0.05) is 6.08 Å². The van der Waals surface area contributed by atoms with Crippen molar-refractivity contribution in [1.82, 2.24) is 9.57 Å². The van der Waals surface area contributed by atoms with Crippen molar-refractivity contribution in [2.45, 2.75) is 13.8 Å². The summed E-state index contributed by atoms with van der Waals surface area (Å²) in [4.78, 5) is 50.0. The van der Waals surface area contributed by atoms with Gasteiger partial charge in [-0.15, -0.1) is 4.67 Å². The largest absolute Gasteiger partial charge is 0.496 e. The van der Waals surface area contributed by atoms with Gasteiger partial charge in [-0.05, 0) is 19.9 Å². The van der Waals surface area contributed by atoms with Crippen molar-refractivity contribution in [2.24, 2.45) is 0 Å². The molecule has 0 spiro atoms. The Balaban J connectivity index is 4.41. The molecule has 0 radical (unpaired) electrons. The zero-order valence-electron chi connectivity index (χ0n) is 9.85. The molecule has 0 saturated heterocycles. The number of imide groups is 1. The van der Waals surface area contributed by atoms with Crippen LogP contribution in [0.3, 0.4) is 0 Å². The van der Waals surface area contributed by atoms with Crippen LogP contribution in [0.2, 0.25) is 0 Å². The van der Waals surface area contributed by atoms with Crippen LogP contribution in [-0.2, 0) is 9.59 Å². The molecule has 0 unspecified atom stereocenters. The summed E-state index contributed by atoms with van der Waals surface area (Å²) in [6.45, 7) is 3.43. The van der Waals surface area contributed by atoms with E-state index in [1.165, 1.54) is 12.2 Å². The van der Waals surface area contributed by atoms with Crippen LogP contribution >= 0.6 is 8.09 Å². The topological polar surface area (TPSA) is 101 Å². The van der Waals surface area contributed by atoms with E-state index in [0.717, 1.165) is 9.57 Å². The fourth-order valence-electron chi connectivity index (χ4n) is 1.16. The van der Waals surface area contributed by atoms with Crippen molar-refractivity contribution in [1.29, 1.82) is 0 Å². The lowest BCUT2D eigenvalue weighted by molar-refractivity contribution is -0.134. The van der Waals surface area contributed by atoms with Crippen molar-refractivity contribution in [3.63, 3.8) is 0 Å². The van der Waals surface area contributed by atoms with Crippen molar-refractivity contribution in [3.8, 4) is 0 Å². The average molecular weight is 265 g/mol. The fraction of sp³-hybridized carbons (Fsp3) is 0.556. The van der Waals surface area contributed by atoms with E-state index in [1.54, 1.807) is 13.8 Å². The van der Waals surface area contributed by atoms with Crippen LogP contribution in [0.15, 0.2) is 12.2 Å². The van der Waals surface area contributed by atoms with E-state index < -0.39 is 14.0 Å². The highest BCUT2D eigenvalue weighted by molar-refractivity contribution is 7.56. The lowest BCUT2D eigenvalue weighted by Gasteiger charge is -2.21. The van der Waals surface area contributed by atoms with Gasteiger partial charge < -0.3 is 0 Å². The molecule has 0 atom stereocenters. The Kier molecular flexibility index (Phi) is 7.10. The number of carbonyl (C=O) groups excluding carboxylic acids is 2. The molecule has 98 valence electrons. The minimum atomic E-state index is -4.08. The molecular formula is C9H18N2O5P+. The van der Waals surface area contributed by atoms with Crippen molar-refractivity contribution in [3.05, 3.63) is 12.2 Å². The number of nitrogens with zero attached hydrogens (tertiary/aromatic N) is 2. The van der Waals surface area contributed by atoms with Crippen LogP contribution in [0.4, 0.5) is 0 Å². The molecule has 0 aliphatic rings. The second kappa shape index (κ2) is 7.47. The Hall–Kier alpha value is -0.850. The summed E-state index contributed by atoms with van der Waals surface area (Å²) in [5.74, 6) is -0.490. The monoisotopic (exact) mass is 265 g/mol. The third kappa shape index (κ3) is 5.86. The zero-order valence-corrected chi connectivity index (χ0v) is 10.7. The van der Waals surface area contributed by atoms with Gasteiger partial charge in [-0.2, -0.15) is 14.7 Å². The summed E-state index contributed by atoms with van der Waals surface area (Å²) < 4.78 is 1.01. The summed E-state index contributed by atoms with van der Waals surface area (Å²) >= 11 is 0. The molecule has 2 amide bonds. The summed E-state index contributed by atoms with van der Waals surface area (Å²) in [5.41, 5.74) is 0. The van der Waals surface area contributed by atoms with Gasteiger partial charge in [0.05, 0.1) is 6.54 Å². The molecular weight excluding hydrogens is 247 g/mol. The van der Waals surface area contributed by atoms with Gasteiger partial charge in [0.15, 0.2) is 0 Å². The van der Waals surface area contributed by atoms with Crippen LogP contribution in [0.1, 0.15) is 13.8 Å². The maximum atomic E-state index is 11.3. The summed E-state index contributed by atoms with van der Waals surface area (Å²) in [7, 11) is -4.08. The molecule has 0 aromatic heterocycles. The third-order valence-corrected chi connectivity index (χ3v) is 3.30. The minimum Gasteiger partial charge on any atom is -0.280 e. The molecule has 0 aliphatic heterocycles. The number of likely N-dealkylation sites (N-methyl/N-ethyl adjacent to an activating group) is 1. The van der Waals surface area contributed by atoms with E-state index in [0.29, 0.717) is 6.41 Å². The molecule has 17 heavy (non-hydrogen) atoms. The van der Waals surface area contributed by atoms with Gasteiger partial charge >= 0.3 is 8.09 Å². The molecule has 0 saturated carbocycles. The number of allylic oxidation sites excluding steroid dienone is 1. The first-order valence-electron chi connectivity index (χ1n) is 5.08. The van der Waals surface area contributed by atoms with Crippen LogP contribution in [0, 0.1) is 0 Å². The lowest BCUT2D eigenvalue weighted by Crippen LogP contribution is -2.37. The summed E-state index contributed by atoms with van der Waals surface area (Å²) in [5, 5.41) is 0. The van der Waals surface area contributed by atoms with E-state index >= 15 is 0 Å². The zero-order chi connectivity index (χ0) is 13.5. The Morgan fingerprint density at radius 2 is 1.88 bits per heavy atom. The molecule has 0 bridgehead atoms. The number of carbonyl (C=O) groups is 2. The van der Waals surface area contributed by atoms with E-state index in [2.05, 4.69) is 0 Å². The molecule has 7 nitrogen and oxygen atoms in total. The number of hydrogen-bond donors (Lipinski definition) is 3. The van der Waals surface area contributed by atoms with E-state index in [9.17, 15) is 9.59 Å². The SMILES string of the molecule is C/C=C\C(=O)N(C=O)CCN(CC)[P+](O)(O)O. The normalized spacial score (nSPS) is 12.1. The minimum absolute atomic E-state index is 0.00415. The molecule has 0 heterocycles. The van der Waals surface area contributed by atoms with Crippen molar-refractivity contribution in [2.75, 3.05) is 19.6 Å². The maximum Gasteiger partial charge on any atom is 0.496 e. The van der Waals surface area contributed by atoms with E-state index in [4.69, 9.17) is 14.7 Å². The number of rotatable bonds is 7. The summed E-state index contributed by atoms with van der Waals surface area (Å²) in [6, 6.07) is 0. The number of hydrogen-bond acceptors (Lipinski definition) is 6. The molecule has 0 aromatic rings. The highest BCUT2D eigenvalue weighted by Gasteiger charge is 2.39. The van der Waals surface area contributed by atoms with Crippen LogP contribution in [-0.4, -0.2) is 56.2 Å². The molecule has 3 N–H and O–H groups in total. The van der Waals surface area contributed by atoms with Crippen LogP contribution < -0.4 is 0 Å². The highest BCUT2D eigenvalue weighted by Crippen LogP contribution is 2.48. The first-order valence-corrected chi connectivity index (χ1v) is 6.68. The van der Waals surface area contributed by atoms with E-state index in [-0.39, 0.29) is 19.6 Å². The smallest absolute Gasteiger partial charge is 0.280 e. The van der Waals surface area contributed by atoms with Gasteiger partial charge in [0.25, 0.3) is 5.91 Å². The Bertz CT molecular complexity index is 290. The molecule has 0 rings (SSSR count). The Morgan fingerprint density at radius 1 is 1.29 bits per heavy atom. The molecule has 0 aliphatic carbocycles. The second-order valence-corrected chi connectivity index (χ2v) is 4.86. The van der Waals surface area contributed by atoms with Crippen LogP contribution in [0.25, 0.3) is 0 Å². The first-order chi connectivity index (χ1) is 7.86. The standard InChI is InChI=1S/C9H18N2O5P/c1-3-5-9(13)10(8-12)6-7-11(4-2)17(14,15)16/h3,5,8,14-16H,4,6-7H2,1-2H3/q+1/b5-3-. The number of amides is 2. The second-order valence-electron chi connectivity index (χ2n) is 3.22. The summed E-state index contributed by atoms with van der Waals surface area (Å²) in [6.07, 6.45) is 3.09. The van der Waals surface area contributed by atoms with Crippen LogP contribution in [0.5, 0.6) is 0 Å². The van der Waals surface area contributed by atoms with Gasteiger partial charge in [0, 0.05) is 13.1 Å². The molecule has 8 heteroatoms. The molecule has 0 fully saturated rings. The molecule has 0 aromatic carbocycles.